The van der Waals surface area contributed by atoms with Crippen LogP contribution < -0.4 is 0 Å². The molecule has 0 saturated carbocycles. The van der Waals surface area contributed by atoms with Gasteiger partial charge in [-0.1, -0.05) is 59.2 Å². The number of hydrogen-bond acceptors (Lipinski definition) is 5. The summed E-state index contributed by atoms with van der Waals surface area (Å²) < 4.78 is 27.0. The Morgan fingerprint density at radius 3 is 2.35 bits per heavy atom. The highest BCUT2D eigenvalue weighted by Crippen LogP contribution is 2.33. The summed E-state index contributed by atoms with van der Waals surface area (Å²) in [6.45, 7) is 0. The lowest BCUT2D eigenvalue weighted by Crippen LogP contribution is -2.09. The fraction of sp³-hybridized carbons (Fsp3) is 0.0526. The molecule has 0 spiro atoms. The summed E-state index contributed by atoms with van der Waals surface area (Å²) in [5.74, 6) is 0. The van der Waals surface area contributed by atoms with Crippen molar-refractivity contribution in [1.82, 2.24) is 0 Å². The first-order valence-corrected chi connectivity index (χ1v) is 9.73. The van der Waals surface area contributed by atoms with Crippen molar-refractivity contribution in [2.45, 2.75) is 0 Å². The molecule has 0 heterocycles. The highest BCUT2D eigenvalue weighted by Gasteiger charge is 2.19. The first kappa shape index (κ1) is 17.9. The topological polar surface area (TPSA) is 79.5 Å². The standard InChI is InChI=1S/C19H13ClN2O3S/c1-26(23,24)25-22-19-11-10-16(15-4-2-3-5-17(15)19)18(12-21)13-6-8-14(20)9-7-13/h2-11H,1H3/b18-16-,22-19+. The van der Waals surface area contributed by atoms with Crippen molar-refractivity contribution in [3.63, 3.8) is 0 Å². The van der Waals surface area contributed by atoms with Gasteiger partial charge in [0.2, 0.25) is 0 Å². The van der Waals surface area contributed by atoms with Gasteiger partial charge in [-0.05, 0) is 29.3 Å². The Bertz CT molecular complexity index is 1090. The lowest BCUT2D eigenvalue weighted by atomic mass is 9.87. The summed E-state index contributed by atoms with van der Waals surface area (Å²) in [7, 11) is -3.71. The van der Waals surface area contributed by atoms with E-state index in [0.29, 0.717) is 27.4 Å². The molecule has 1 aliphatic carbocycles. The van der Waals surface area contributed by atoms with Crippen molar-refractivity contribution in [3.8, 4) is 6.07 Å². The zero-order valence-electron chi connectivity index (χ0n) is 13.7. The third kappa shape index (κ3) is 3.85. The van der Waals surface area contributed by atoms with Gasteiger partial charge in [-0.3, -0.25) is 4.28 Å². The number of rotatable bonds is 3. The van der Waals surface area contributed by atoms with Crippen LogP contribution in [0.4, 0.5) is 0 Å². The maximum absolute atomic E-state index is 11.2. The SMILES string of the molecule is CS(=O)(=O)O/N=C1C=C/C(=C(\C#N)c2ccc(Cl)cc2)c2ccccc2\1. The van der Waals surface area contributed by atoms with Crippen LogP contribution in [0.25, 0.3) is 11.1 Å². The van der Waals surface area contributed by atoms with Crippen LogP contribution in [0.15, 0.2) is 65.8 Å². The van der Waals surface area contributed by atoms with Crippen molar-refractivity contribution in [3.05, 3.63) is 82.4 Å². The molecule has 0 bridgehead atoms. The maximum atomic E-state index is 11.2. The minimum absolute atomic E-state index is 0.364. The molecule has 2 aromatic carbocycles. The van der Waals surface area contributed by atoms with Gasteiger partial charge >= 0.3 is 10.1 Å². The van der Waals surface area contributed by atoms with Crippen LogP contribution in [0, 0.1) is 11.3 Å². The van der Waals surface area contributed by atoms with E-state index in [1.54, 1.807) is 48.6 Å². The number of fused-ring (bicyclic) bond motifs is 1. The Morgan fingerprint density at radius 1 is 1.08 bits per heavy atom. The summed E-state index contributed by atoms with van der Waals surface area (Å²) >= 11 is 5.93. The molecule has 0 aliphatic heterocycles. The molecule has 1 aliphatic rings. The number of benzene rings is 2. The molecule has 0 aromatic heterocycles. The first-order chi connectivity index (χ1) is 12.4. The van der Waals surface area contributed by atoms with Crippen molar-refractivity contribution >= 4 is 38.6 Å². The van der Waals surface area contributed by atoms with Crippen LogP contribution in [0.5, 0.6) is 0 Å². The summed E-state index contributed by atoms with van der Waals surface area (Å²) in [6.07, 6.45) is 4.27. The van der Waals surface area contributed by atoms with Gasteiger partial charge in [-0.2, -0.15) is 13.7 Å². The van der Waals surface area contributed by atoms with Gasteiger partial charge in [-0.15, -0.1) is 0 Å². The van der Waals surface area contributed by atoms with E-state index < -0.39 is 10.1 Å². The van der Waals surface area contributed by atoms with E-state index in [2.05, 4.69) is 15.5 Å². The quantitative estimate of drug-likeness (QED) is 0.591. The smallest absolute Gasteiger partial charge is 0.268 e. The largest absolute Gasteiger partial charge is 0.325 e. The summed E-state index contributed by atoms with van der Waals surface area (Å²) in [5.41, 5.74) is 3.73. The van der Waals surface area contributed by atoms with Crippen LogP contribution >= 0.6 is 11.6 Å². The molecular formula is C19H13ClN2O3S. The molecule has 2 aromatic rings. The zero-order valence-corrected chi connectivity index (χ0v) is 15.3. The predicted octanol–water partition coefficient (Wildman–Crippen LogP) is 4.02. The first-order valence-electron chi connectivity index (χ1n) is 7.54. The zero-order chi connectivity index (χ0) is 18.7. The average molecular weight is 385 g/mol. The molecule has 3 rings (SSSR count). The van der Waals surface area contributed by atoms with E-state index in [1.807, 2.05) is 12.1 Å². The average Bonchev–Trinajstić information content (AvgIpc) is 2.62. The lowest BCUT2D eigenvalue weighted by molar-refractivity contribution is 0.343. The molecule has 130 valence electrons. The van der Waals surface area contributed by atoms with E-state index in [9.17, 15) is 13.7 Å². The molecule has 5 nitrogen and oxygen atoms in total. The van der Waals surface area contributed by atoms with Gasteiger partial charge in [0, 0.05) is 16.2 Å². The molecular weight excluding hydrogens is 372 g/mol. The van der Waals surface area contributed by atoms with Crippen molar-refractivity contribution in [2.24, 2.45) is 5.16 Å². The molecule has 0 atom stereocenters. The van der Waals surface area contributed by atoms with Crippen molar-refractivity contribution < 1.29 is 12.7 Å². The number of nitriles is 1. The van der Waals surface area contributed by atoms with Gasteiger partial charge in [0.25, 0.3) is 0 Å². The van der Waals surface area contributed by atoms with E-state index in [-0.39, 0.29) is 0 Å². The summed E-state index contributed by atoms with van der Waals surface area (Å²) in [5, 5.41) is 14.0. The van der Waals surface area contributed by atoms with Crippen LogP contribution in [0.2, 0.25) is 5.02 Å². The van der Waals surface area contributed by atoms with E-state index >= 15 is 0 Å². The Kier molecular flexibility index (Phi) is 4.94. The second-order valence-electron chi connectivity index (χ2n) is 5.54. The normalized spacial score (nSPS) is 16.7. The van der Waals surface area contributed by atoms with Crippen LogP contribution in [0.3, 0.4) is 0 Å². The number of nitrogens with zero attached hydrogens (tertiary/aromatic N) is 2. The third-order valence-electron chi connectivity index (χ3n) is 3.69. The summed E-state index contributed by atoms with van der Waals surface area (Å²) in [6, 6.07) is 16.5. The molecule has 7 heteroatoms. The van der Waals surface area contributed by atoms with Crippen LogP contribution in [0.1, 0.15) is 16.7 Å². The molecule has 0 radical (unpaired) electrons. The second kappa shape index (κ2) is 7.16. The second-order valence-corrected chi connectivity index (χ2v) is 7.54. The van der Waals surface area contributed by atoms with Gasteiger partial charge in [0.1, 0.15) is 11.8 Å². The predicted molar refractivity (Wildman–Crippen MR) is 102 cm³/mol. The van der Waals surface area contributed by atoms with E-state index in [1.165, 1.54) is 0 Å². The minimum atomic E-state index is -3.71. The minimum Gasteiger partial charge on any atom is -0.268 e. The Labute approximate surface area is 156 Å². The molecule has 0 saturated heterocycles. The molecule has 0 unspecified atom stereocenters. The van der Waals surface area contributed by atoms with Crippen molar-refractivity contribution in [1.29, 1.82) is 5.26 Å². The highest BCUT2D eigenvalue weighted by molar-refractivity contribution is 7.85. The fourth-order valence-corrected chi connectivity index (χ4v) is 2.93. The van der Waals surface area contributed by atoms with Gasteiger partial charge in [0.15, 0.2) is 0 Å². The van der Waals surface area contributed by atoms with Gasteiger partial charge < -0.3 is 0 Å². The lowest BCUT2D eigenvalue weighted by Gasteiger charge is -2.17. The summed E-state index contributed by atoms with van der Waals surface area (Å²) in [4.78, 5) is 0. The molecule has 0 N–H and O–H groups in total. The number of allylic oxidation sites excluding steroid dienone is 4. The molecule has 0 fully saturated rings. The maximum Gasteiger partial charge on any atom is 0.325 e. The van der Waals surface area contributed by atoms with Crippen LogP contribution in [-0.4, -0.2) is 20.4 Å². The Morgan fingerprint density at radius 2 is 1.73 bits per heavy atom. The third-order valence-corrected chi connectivity index (χ3v) is 4.28. The number of halogens is 1. The van der Waals surface area contributed by atoms with Gasteiger partial charge in [0.05, 0.1) is 11.8 Å². The Balaban J connectivity index is 2.17. The van der Waals surface area contributed by atoms with E-state index in [0.717, 1.165) is 17.4 Å². The van der Waals surface area contributed by atoms with E-state index in [4.69, 9.17) is 11.6 Å². The number of oxime groups is 1. The molecule has 0 amide bonds. The highest BCUT2D eigenvalue weighted by atomic mass is 35.5. The fourth-order valence-electron chi connectivity index (χ4n) is 2.59. The van der Waals surface area contributed by atoms with Crippen LogP contribution in [-0.2, 0) is 14.4 Å². The Hall–Kier alpha value is -2.88. The van der Waals surface area contributed by atoms with Crippen molar-refractivity contribution in [2.75, 3.05) is 6.26 Å². The molecule has 26 heavy (non-hydrogen) atoms. The van der Waals surface area contributed by atoms with Gasteiger partial charge in [-0.25, -0.2) is 0 Å². The monoisotopic (exact) mass is 384 g/mol. The number of hydrogen-bond donors (Lipinski definition) is 0.